The third kappa shape index (κ3) is 1.34. The minimum atomic E-state index is 1.07. The Hall–Kier alpha value is -1.68. The smallest absolute Gasteiger partial charge is 0.0948 e. The first kappa shape index (κ1) is 9.54. The van der Waals surface area contributed by atoms with E-state index in [0.717, 1.165) is 11.2 Å². The Morgan fingerprint density at radius 1 is 1.38 bits per heavy atom. The summed E-state index contributed by atoms with van der Waals surface area (Å²) in [7, 11) is 2.01. The van der Waals surface area contributed by atoms with Crippen LogP contribution in [0.15, 0.2) is 30.9 Å². The van der Waals surface area contributed by atoms with Crippen molar-refractivity contribution in [1.29, 1.82) is 0 Å². The summed E-state index contributed by atoms with van der Waals surface area (Å²) in [5.41, 5.74) is 3.49. The Kier molecular flexibility index (Phi) is 2.04. The zero-order valence-corrected chi connectivity index (χ0v) is 9.95. The lowest BCUT2D eigenvalue weighted by atomic mass is 10.2. The summed E-state index contributed by atoms with van der Waals surface area (Å²) in [6, 6.07) is 4.18. The van der Waals surface area contributed by atoms with Crippen molar-refractivity contribution < 1.29 is 0 Å². The Morgan fingerprint density at radius 2 is 2.25 bits per heavy atom. The van der Waals surface area contributed by atoms with E-state index in [0.29, 0.717) is 0 Å². The lowest BCUT2D eigenvalue weighted by Gasteiger charge is -1.96. The van der Waals surface area contributed by atoms with E-state index in [-0.39, 0.29) is 0 Å². The molecule has 0 N–H and O–H groups in total. The minimum Gasteiger partial charge on any atom is -0.333 e. The van der Waals surface area contributed by atoms with E-state index in [9.17, 15) is 0 Å². The van der Waals surface area contributed by atoms with Crippen molar-refractivity contribution >= 4 is 21.6 Å². The van der Waals surface area contributed by atoms with Gasteiger partial charge in [-0.2, -0.15) is 0 Å². The molecule has 0 aliphatic rings. The maximum absolute atomic E-state index is 4.38. The van der Waals surface area contributed by atoms with Crippen molar-refractivity contribution in [2.45, 2.75) is 6.92 Å². The van der Waals surface area contributed by atoms with Gasteiger partial charge in [0.05, 0.1) is 33.3 Å². The van der Waals surface area contributed by atoms with Crippen molar-refractivity contribution in [3.05, 3.63) is 36.4 Å². The Balaban J connectivity index is 2.27. The first-order valence-electron chi connectivity index (χ1n) is 5.07. The van der Waals surface area contributed by atoms with Gasteiger partial charge in [-0.3, -0.25) is 4.98 Å². The third-order valence-corrected chi connectivity index (χ3v) is 3.96. The van der Waals surface area contributed by atoms with Crippen LogP contribution in [0.25, 0.3) is 20.8 Å². The molecule has 3 heterocycles. The van der Waals surface area contributed by atoms with Crippen LogP contribution in [-0.4, -0.2) is 14.5 Å². The minimum absolute atomic E-state index is 1.07. The van der Waals surface area contributed by atoms with E-state index in [1.165, 1.54) is 15.1 Å². The second-order valence-electron chi connectivity index (χ2n) is 3.84. The molecule has 0 unspecified atom stereocenters. The highest BCUT2D eigenvalue weighted by molar-refractivity contribution is 7.22. The van der Waals surface area contributed by atoms with Gasteiger partial charge in [0, 0.05) is 13.2 Å². The van der Waals surface area contributed by atoms with Gasteiger partial charge in [0.2, 0.25) is 0 Å². The van der Waals surface area contributed by atoms with Gasteiger partial charge in [-0.25, -0.2) is 4.98 Å². The van der Waals surface area contributed by atoms with Crippen LogP contribution < -0.4 is 0 Å². The number of rotatable bonds is 1. The molecule has 0 aliphatic heterocycles. The fourth-order valence-electron chi connectivity index (χ4n) is 1.79. The highest BCUT2D eigenvalue weighted by Gasteiger charge is 2.09. The van der Waals surface area contributed by atoms with Gasteiger partial charge in [0.15, 0.2) is 0 Å². The van der Waals surface area contributed by atoms with Crippen LogP contribution in [0.1, 0.15) is 5.56 Å². The van der Waals surface area contributed by atoms with E-state index in [2.05, 4.69) is 23.0 Å². The molecule has 0 aliphatic carbocycles. The number of imidazole rings is 1. The fourth-order valence-corrected chi connectivity index (χ4v) is 2.92. The van der Waals surface area contributed by atoms with Gasteiger partial charge in [0.1, 0.15) is 0 Å². The van der Waals surface area contributed by atoms with E-state index in [1.54, 1.807) is 11.3 Å². The van der Waals surface area contributed by atoms with Gasteiger partial charge in [0.25, 0.3) is 0 Å². The van der Waals surface area contributed by atoms with Crippen LogP contribution in [0.4, 0.5) is 0 Å². The maximum atomic E-state index is 4.38. The molecule has 0 saturated carbocycles. The lowest BCUT2D eigenvalue weighted by molar-refractivity contribution is 0.923. The summed E-state index contributed by atoms with van der Waals surface area (Å²) >= 11 is 1.77. The molecular formula is C12H11N3S. The van der Waals surface area contributed by atoms with Crippen LogP contribution >= 0.6 is 11.3 Å². The molecule has 0 fully saturated rings. The van der Waals surface area contributed by atoms with Crippen LogP contribution in [0.2, 0.25) is 0 Å². The predicted octanol–water partition coefficient (Wildman–Crippen LogP) is 3.01. The highest BCUT2D eigenvalue weighted by atomic mass is 32.1. The molecule has 0 atom stereocenters. The summed E-state index contributed by atoms with van der Waals surface area (Å²) < 4.78 is 3.29. The number of nitrogens with zero attached hydrogens (tertiary/aromatic N) is 3. The summed E-state index contributed by atoms with van der Waals surface area (Å²) in [6.07, 6.45) is 5.57. The molecule has 0 saturated heterocycles. The molecule has 3 aromatic heterocycles. The Morgan fingerprint density at radius 3 is 2.94 bits per heavy atom. The third-order valence-electron chi connectivity index (χ3n) is 2.68. The molecule has 3 nitrogen and oxygen atoms in total. The van der Waals surface area contributed by atoms with E-state index in [1.807, 2.05) is 36.4 Å². The number of thiophene rings is 1. The molecule has 80 valence electrons. The van der Waals surface area contributed by atoms with Crippen LogP contribution in [0.5, 0.6) is 0 Å². The normalized spacial score (nSPS) is 11.1. The number of pyridine rings is 1. The predicted molar refractivity (Wildman–Crippen MR) is 66.6 cm³/mol. The SMILES string of the molecule is Cc1ccnc2cc(-c3cncn3C)sc12. The summed E-state index contributed by atoms with van der Waals surface area (Å²) in [5, 5.41) is 0. The van der Waals surface area contributed by atoms with Crippen LogP contribution in [-0.2, 0) is 7.05 Å². The number of fused-ring (bicyclic) bond motifs is 1. The quantitative estimate of drug-likeness (QED) is 0.642. The lowest BCUT2D eigenvalue weighted by Crippen LogP contribution is -1.85. The number of aryl methyl sites for hydroxylation is 2. The van der Waals surface area contributed by atoms with Crippen molar-refractivity contribution in [1.82, 2.24) is 14.5 Å². The topological polar surface area (TPSA) is 30.7 Å². The zero-order valence-electron chi connectivity index (χ0n) is 9.14. The van der Waals surface area contributed by atoms with Gasteiger partial charge >= 0.3 is 0 Å². The molecule has 3 aromatic rings. The van der Waals surface area contributed by atoms with Crippen LogP contribution in [0, 0.1) is 6.92 Å². The number of hydrogen-bond acceptors (Lipinski definition) is 3. The molecular weight excluding hydrogens is 218 g/mol. The number of aromatic nitrogens is 3. The molecule has 0 radical (unpaired) electrons. The second kappa shape index (κ2) is 3.42. The van der Waals surface area contributed by atoms with Gasteiger partial charge in [-0.15, -0.1) is 11.3 Å². The average Bonchev–Trinajstić information content (AvgIpc) is 2.84. The van der Waals surface area contributed by atoms with E-state index in [4.69, 9.17) is 0 Å². The summed E-state index contributed by atoms with van der Waals surface area (Å²) in [4.78, 5) is 9.74. The monoisotopic (exact) mass is 229 g/mol. The molecule has 16 heavy (non-hydrogen) atoms. The standard InChI is InChI=1S/C12H11N3S/c1-8-3-4-14-9-5-11(16-12(8)9)10-6-13-7-15(10)2/h3-7H,1-2H3. The largest absolute Gasteiger partial charge is 0.333 e. The first-order valence-corrected chi connectivity index (χ1v) is 5.89. The summed E-state index contributed by atoms with van der Waals surface area (Å²) in [6.45, 7) is 2.12. The Bertz CT molecular complexity index is 651. The summed E-state index contributed by atoms with van der Waals surface area (Å²) in [5.74, 6) is 0. The van der Waals surface area contributed by atoms with Crippen molar-refractivity contribution in [2.75, 3.05) is 0 Å². The second-order valence-corrected chi connectivity index (χ2v) is 4.89. The maximum Gasteiger partial charge on any atom is 0.0948 e. The van der Waals surface area contributed by atoms with Crippen molar-refractivity contribution in [2.24, 2.45) is 7.05 Å². The van der Waals surface area contributed by atoms with Gasteiger partial charge < -0.3 is 4.57 Å². The molecule has 3 rings (SSSR count). The average molecular weight is 229 g/mol. The van der Waals surface area contributed by atoms with Crippen molar-refractivity contribution in [3.8, 4) is 10.6 Å². The fraction of sp³-hybridized carbons (Fsp3) is 0.167. The van der Waals surface area contributed by atoms with Crippen molar-refractivity contribution in [3.63, 3.8) is 0 Å². The molecule has 4 heteroatoms. The van der Waals surface area contributed by atoms with Gasteiger partial charge in [-0.05, 0) is 24.6 Å². The van der Waals surface area contributed by atoms with Crippen LogP contribution in [0.3, 0.4) is 0 Å². The number of hydrogen-bond donors (Lipinski definition) is 0. The zero-order chi connectivity index (χ0) is 11.1. The first-order chi connectivity index (χ1) is 7.75. The highest BCUT2D eigenvalue weighted by Crippen LogP contribution is 2.33. The molecule has 0 aromatic carbocycles. The van der Waals surface area contributed by atoms with E-state index >= 15 is 0 Å². The van der Waals surface area contributed by atoms with E-state index < -0.39 is 0 Å². The molecule has 0 bridgehead atoms. The molecule has 0 amide bonds. The molecule has 0 spiro atoms. The Labute approximate surface area is 97.4 Å². The van der Waals surface area contributed by atoms with Gasteiger partial charge in [-0.1, -0.05) is 0 Å².